The van der Waals surface area contributed by atoms with E-state index in [2.05, 4.69) is 13.8 Å². The molecule has 1 aliphatic carbocycles. The predicted molar refractivity (Wildman–Crippen MR) is 78.4 cm³/mol. The van der Waals surface area contributed by atoms with Gasteiger partial charge >= 0.3 is 5.97 Å². The van der Waals surface area contributed by atoms with Gasteiger partial charge in [0.2, 0.25) is 0 Å². The van der Waals surface area contributed by atoms with E-state index in [-0.39, 0.29) is 5.97 Å². The van der Waals surface area contributed by atoms with Gasteiger partial charge in [-0.15, -0.1) is 0 Å². The van der Waals surface area contributed by atoms with Gasteiger partial charge in [-0.1, -0.05) is 26.0 Å². The van der Waals surface area contributed by atoms with Crippen molar-refractivity contribution in [3.05, 3.63) is 29.8 Å². The summed E-state index contributed by atoms with van der Waals surface area (Å²) in [5, 5.41) is 0. The topological polar surface area (TPSA) is 61.5 Å². The molecular formula is C16H23NO3. The highest BCUT2D eigenvalue weighted by Crippen LogP contribution is 2.49. The molecule has 4 nitrogen and oxygen atoms in total. The summed E-state index contributed by atoms with van der Waals surface area (Å²) < 4.78 is 10.7. The van der Waals surface area contributed by atoms with E-state index in [0.29, 0.717) is 31.4 Å². The van der Waals surface area contributed by atoms with E-state index in [0.717, 1.165) is 18.4 Å². The van der Waals surface area contributed by atoms with Gasteiger partial charge in [0, 0.05) is 12.3 Å². The zero-order valence-corrected chi connectivity index (χ0v) is 12.2. The molecule has 0 aromatic heterocycles. The van der Waals surface area contributed by atoms with Crippen molar-refractivity contribution in [1.82, 2.24) is 0 Å². The molecule has 2 rings (SSSR count). The number of nitrogens with two attached hydrogens (primary N) is 1. The second-order valence-electron chi connectivity index (χ2n) is 5.81. The maximum absolute atomic E-state index is 12.2. The molecule has 1 aromatic rings. The first-order valence-electron chi connectivity index (χ1n) is 7.15. The summed E-state index contributed by atoms with van der Waals surface area (Å²) in [6, 6.07) is 7.49. The van der Waals surface area contributed by atoms with E-state index in [1.807, 2.05) is 24.3 Å². The fourth-order valence-electron chi connectivity index (χ4n) is 2.19. The van der Waals surface area contributed by atoms with Crippen LogP contribution in [0.5, 0.6) is 0 Å². The molecule has 1 fully saturated rings. The lowest BCUT2D eigenvalue weighted by atomic mass is 9.96. The fourth-order valence-corrected chi connectivity index (χ4v) is 2.19. The summed E-state index contributed by atoms with van der Waals surface area (Å²) in [6.07, 6.45) is 1.70. The van der Waals surface area contributed by atoms with E-state index in [1.54, 1.807) is 0 Å². The molecule has 1 saturated carbocycles. The van der Waals surface area contributed by atoms with Crippen molar-refractivity contribution in [2.75, 3.05) is 25.6 Å². The van der Waals surface area contributed by atoms with E-state index in [1.165, 1.54) is 0 Å². The van der Waals surface area contributed by atoms with Crippen LogP contribution < -0.4 is 5.73 Å². The molecule has 0 amide bonds. The van der Waals surface area contributed by atoms with Crippen LogP contribution in [0.2, 0.25) is 0 Å². The summed E-state index contributed by atoms with van der Waals surface area (Å²) in [7, 11) is 0. The summed E-state index contributed by atoms with van der Waals surface area (Å²) in [5.41, 5.74) is 6.94. The smallest absolute Gasteiger partial charge is 0.316 e. The quantitative estimate of drug-likeness (QED) is 0.472. The summed E-state index contributed by atoms with van der Waals surface area (Å²) in [4.78, 5) is 12.2. The molecule has 0 spiro atoms. The SMILES string of the molecule is CC(C)COCCOC(=O)C1(c2ccc(N)cc2)CC1. The lowest BCUT2D eigenvalue weighted by Crippen LogP contribution is -2.25. The number of nitrogen functional groups attached to an aromatic ring is 1. The van der Waals surface area contributed by atoms with Crippen molar-refractivity contribution in [1.29, 1.82) is 0 Å². The molecule has 0 unspecified atom stereocenters. The lowest BCUT2D eigenvalue weighted by Gasteiger charge is -2.15. The third-order valence-corrected chi connectivity index (χ3v) is 3.52. The average Bonchev–Trinajstić information content (AvgIpc) is 3.20. The zero-order valence-electron chi connectivity index (χ0n) is 12.2. The first kappa shape index (κ1) is 14.9. The maximum atomic E-state index is 12.2. The number of hydrogen-bond acceptors (Lipinski definition) is 4. The van der Waals surface area contributed by atoms with E-state index < -0.39 is 5.41 Å². The minimum Gasteiger partial charge on any atom is -0.463 e. The Hall–Kier alpha value is -1.55. The predicted octanol–water partition coefficient (Wildman–Crippen LogP) is 2.52. The highest BCUT2D eigenvalue weighted by Gasteiger charge is 2.52. The zero-order chi connectivity index (χ0) is 14.6. The average molecular weight is 277 g/mol. The Morgan fingerprint density at radius 1 is 1.25 bits per heavy atom. The second-order valence-corrected chi connectivity index (χ2v) is 5.81. The van der Waals surface area contributed by atoms with Crippen molar-refractivity contribution in [3.8, 4) is 0 Å². The van der Waals surface area contributed by atoms with Gasteiger partial charge in [-0.05, 0) is 36.5 Å². The van der Waals surface area contributed by atoms with Crippen LogP contribution in [0.3, 0.4) is 0 Å². The van der Waals surface area contributed by atoms with Crippen molar-refractivity contribution in [2.24, 2.45) is 5.92 Å². The van der Waals surface area contributed by atoms with Gasteiger partial charge in [0.05, 0.1) is 12.0 Å². The molecular weight excluding hydrogens is 254 g/mol. The summed E-state index contributed by atoms with van der Waals surface area (Å²) in [5.74, 6) is 0.352. The molecule has 0 aliphatic heterocycles. The Balaban J connectivity index is 1.81. The molecule has 0 saturated heterocycles. The third-order valence-electron chi connectivity index (χ3n) is 3.52. The van der Waals surface area contributed by atoms with E-state index in [4.69, 9.17) is 15.2 Å². The van der Waals surface area contributed by atoms with E-state index in [9.17, 15) is 4.79 Å². The van der Waals surface area contributed by atoms with Crippen LogP contribution in [-0.2, 0) is 19.7 Å². The molecule has 2 N–H and O–H groups in total. The van der Waals surface area contributed by atoms with E-state index >= 15 is 0 Å². The Kier molecular flexibility index (Phi) is 4.65. The normalized spacial score (nSPS) is 16.1. The van der Waals surface area contributed by atoms with Gasteiger partial charge in [-0.3, -0.25) is 4.79 Å². The molecule has 1 aliphatic rings. The van der Waals surface area contributed by atoms with Gasteiger partial charge in [0.25, 0.3) is 0 Å². The first-order chi connectivity index (χ1) is 9.54. The van der Waals surface area contributed by atoms with Crippen molar-refractivity contribution in [2.45, 2.75) is 32.1 Å². The van der Waals surface area contributed by atoms with Crippen LogP contribution in [0.4, 0.5) is 5.69 Å². The Labute approximate surface area is 120 Å². The molecule has 4 heteroatoms. The maximum Gasteiger partial charge on any atom is 0.316 e. The van der Waals surface area contributed by atoms with Crippen molar-refractivity contribution >= 4 is 11.7 Å². The number of ether oxygens (including phenoxy) is 2. The number of hydrogen-bond donors (Lipinski definition) is 1. The van der Waals surface area contributed by atoms with Crippen molar-refractivity contribution in [3.63, 3.8) is 0 Å². The van der Waals surface area contributed by atoms with Gasteiger partial charge < -0.3 is 15.2 Å². The number of rotatable bonds is 7. The Bertz CT molecular complexity index is 449. The summed E-state index contributed by atoms with van der Waals surface area (Å²) in [6.45, 7) is 5.66. The summed E-state index contributed by atoms with van der Waals surface area (Å²) >= 11 is 0. The third kappa shape index (κ3) is 3.51. The Morgan fingerprint density at radius 2 is 1.90 bits per heavy atom. The number of carbonyl (C=O) groups is 1. The Morgan fingerprint density at radius 3 is 2.45 bits per heavy atom. The molecule has 0 heterocycles. The molecule has 20 heavy (non-hydrogen) atoms. The van der Waals surface area contributed by atoms with Crippen LogP contribution in [0.15, 0.2) is 24.3 Å². The molecule has 0 atom stereocenters. The fraction of sp³-hybridized carbons (Fsp3) is 0.562. The van der Waals surface area contributed by atoms with Crippen LogP contribution in [0.25, 0.3) is 0 Å². The van der Waals surface area contributed by atoms with Gasteiger partial charge in [-0.2, -0.15) is 0 Å². The molecule has 0 radical (unpaired) electrons. The number of esters is 1. The second kappa shape index (κ2) is 6.27. The largest absolute Gasteiger partial charge is 0.463 e. The van der Waals surface area contributed by atoms with Crippen LogP contribution >= 0.6 is 0 Å². The van der Waals surface area contributed by atoms with Crippen LogP contribution in [0.1, 0.15) is 32.3 Å². The first-order valence-corrected chi connectivity index (χ1v) is 7.15. The minimum absolute atomic E-state index is 0.143. The van der Waals surface area contributed by atoms with Gasteiger partial charge in [-0.25, -0.2) is 0 Å². The monoisotopic (exact) mass is 277 g/mol. The molecule has 110 valence electrons. The van der Waals surface area contributed by atoms with Crippen LogP contribution in [-0.4, -0.2) is 25.8 Å². The van der Waals surface area contributed by atoms with Gasteiger partial charge in [0.1, 0.15) is 6.61 Å². The molecule has 0 bridgehead atoms. The minimum atomic E-state index is -0.439. The number of benzene rings is 1. The number of carbonyl (C=O) groups excluding carboxylic acids is 1. The van der Waals surface area contributed by atoms with Gasteiger partial charge in [0.15, 0.2) is 0 Å². The lowest BCUT2D eigenvalue weighted by molar-refractivity contribution is -0.148. The molecule has 1 aromatic carbocycles. The highest BCUT2D eigenvalue weighted by atomic mass is 16.6. The standard InChI is InChI=1S/C16H23NO3/c1-12(2)11-19-9-10-20-15(18)16(7-8-16)13-3-5-14(17)6-4-13/h3-6,12H,7-11,17H2,1-2H3. The number of anilines is 1. The van der Waals surface area contributed by atoms with Crippen LogP contribution in [0, 0.1) is 5.92 Å². The van der Waals surface area contributed by atoms with Crippen molar-refractivity contribution < 1.29 is 14.3 Å². The highest BCUT2D eigenvalue weighted by molar-refractivity contribution is 5.86.